The molecule has 0 unspecified atom stereocenters. The fourth-order valence-electron chi connectivity index (χ4n) is 3.18. The highest BCUT2D eigenvalue weighted by Gasteiger charge is 2.47. The molecule has 2 aliphatic rings. The number of benzene rings is 1. The normalized spacial score (nSPS) is 25.1. The number of halogens is 2. The van der Waals surface area contributed by atoms with Crippen LogP contribution in [0.15, 0.2) is 18.2 Å². The number of nitrogens with two attached hydrogens (primary N) is 1. The second kappa shape index (κ2) is 7.30. The first-order chi connectivity index (χ1) is 11.5. The van der Waals surface area contributed by atoms with Gasteiger partial charge in [-0.3, -0.25) is 9.59 Å². The predicted octanol–water partition coefficient (Wildman–Crippen LogP) is 2.92. The van der Waals surface area contributed by atoms with Gasteiger partial charge in [-0.2, -0.15) is 0 Å². The third-order valence-electron chi connectivity index (χ3n) is 4.68. The van der Waals surface area contributed by atoms with Gasteiger partial charge in [0.15, 0.2) is 6.10 Å². The molecule has 24 heavy (non-hydrogen) atoms. The van der Waals surface area contributed by atoms with Crippen LogP contribution in [-0.4, -0.2) is 31.2 Å². The van der Waals surface area contributed by atoms with Crippen LogP contribution >= 0.6 is 23.2 Å². The second-order valence-corrected chi connectivity index (χ2v) is 7.15. The molecule has 1 aromatic carbocycles. The molecule has 1 aromatic rings. The van der Waals surface area contributed by atoms with E-state index in [0.717, 1.165) is 5.56 Å². The molecule has 2 fully saturated rings. The third-order valence-corrected chi connectivity index (χ3v) is 5.42. The van der Waals surface area contributed by atoms with Crippen molar-refractivity contribution in [2.75, 3.05) is 13.2 Å². The van der Waals surface area contributed by atoms with Gasteiger partial charge in [0.1, 0.15) is 0 Å². The summed E-state index contributed by atoms with van der Waals surface area (Å²) in [5.41, 5.74) is 6.38. The van der Waals surface area contributed by atoms with Crippen LogP contribution in [0.2, 0.25) is 10.0 Å². The summed E-state index contributed by atoms with van der Waals surface area (Å²) in [5.74, 6) is -1.25. The molecule has 1 aliphatic carbocycles. The van der Waals surface area contributed by atoms with Gasteiger partial charge in [-0.05, 0) is 42.9 Å². The number of esters is 1. The molecule has 0 bridgehead atoms. The molecular formula is C17H19Cl2NO4. The Labute approximate surface area is 150 Å². The summed E-state index contributed by atoms with van der Waals surface area (Å²) in [5, 5.41) is 0.943. The van der Waals surface area contributed by atoms with Gasteiger partial charge >= 0.3 is 5.97 Å². The molecule has 0 spiro atoms. The summed E-state index contributed by atoms with van der Waals surface area (Å²) in [6, 6.07) is 5.34. The van der Waals surface area contributed by atoms with E-state index < -0.39 is 12.0 Å². The van der Waals surface area contributed by atoms with Crippen molar-refractivity contribution in [3.8, 4) is 0 Å². The molecule has 0 aromatic heterocycles. The summed E-state index contributed by atoms with van der Waals surface area (Å²) < 4.78 is 10.7. The van der Waals surface area contributed by atoms with Gasteiger partial charge in [0, 0.05) is 19.1 Å². The summed E-state index contributed by atoms with van der Waals surface area (Å²) in [6.45, 7) is 1.11. The molecule has 0 radical (unpaired) electrons. The molecule has 7 heteroatoms. The van der Waals surface area contributed by atoms with Crippen molar-refractivity contribution in [1.29, 1.82) is 0 Å². The molecule has 1 saturated carbocycles. The minimum atomic E-state index is -0.878. The number of hydrogen-bond acceptors (Lipinski definition) is 4. The summed E-state index contributed by atoms with van der Waals surface area (Å²) in [7, 11) is 0. The SMILES string of the molecule is NC(=O)[C@H](OC(=O)[C@@H]1C[C@@H]1c1ccc(Cl)c(Cl)c1)C1CCOCC1. The molecule has 130 valence electrons. The molecular weight excluding hydrogens is 353 g/mol. The Balaban J connectivity index is 1.62. The third kappa shape index (κ3) is 3.85. The lowest BCUT2D eigenvalue weighted by molar-refractivity contribution is -0.161. The van der Waals surface area contributed by atoms with Crippen LogP contribution in [0.1, 0.15) is 30.7 Å². The van der Waals surface area contributed by atoms with Crippen molar-refractivity contribution < 1.29 is 19.1 Å². The number of hydrogen-bond donors (Lipinski definition) is 1. The van der Waals surface area contributed by atoms with Crippen molar-refractivity contribution in [3.63, 3.8) is 0 Å². The maximum Gasteiger partial charge on any atom is 0.310 e. The molecule has 3 atom stereocenters. The van der Waals surface area contributed by atoms with Crippen molar-refractivity contribution >= 4 is 35.1 Å². The van der Waals surface area contributed by atoms with E-state index in [1.54, 1.807) is 12.1 Å². The minimum Gasteiger partial charge on any atom is -0.452 e. The van der Waals surface area contributed by atoms with Crippen molar-refractivity contribution in [1.82, 2.24) is 0 Å². The smallest absolute Gasteiger partial charge is 0.310 e. The number of rotatable bonds is 5. The standard InChI is InChI=1S/C17H19Cl2NO4/c18-13-2-1-10(7-14(13)19)11-8-12(11)17(22)24-15(16(20)21)9-3-5-23-6-4-9/h1-2,7,9,11-12,15H,3-6,8H2,(H2,20,21)/t11-,12-,15-/m1/s1. The molecule has 5 nitrogen and oxygen atoms in total. The highest BCUT2D eigenvalue weighted by atomic mass is 35.5. The summed E-state index contributed by atoms with van der Waals surface area (Å²) in [6.07, 6.45) is 1.14. The minimum absolute atomic E-state index is 0.0514. The van der Waals surface area contributed by atoms with Crippen molar-refractivity contribution in [3.05, 3.63) is 33.8 Å². The van der Waals surface area contributed by atoms with Crippen LogP contribution < -0.4 is 5.73 Å². The van der Waals surface area contributed by atoms with Crippen LogP contribution in [-0.2, 0) is 19.1 Å². The monoisotopic (exact) mass is 371 g/mol. The van der Waals surface area contributed by atoms with Gasteiger partial charge < -0.3 is 15.2 Å². The van der Waals surface area contributed by atoms with E-state index in [1.807, 2.05) is 6.07 Å². The maximum atomic E-state index is 12.4. The molecule has 2 N–H and O–H groups in total. The lowest BCUT2D eigenvalue weighted by Crippen LogP contribution is -2.41. The molecule has 1 saturated heterocycles. The van der Waals surface area contributed by atoms with Gasteiger partial charge in [0.25, 0.3) is 5.91 Å². The first-order valence-electron chi connectivity index (χ1n) is 8.00. The molecule has 3 rings (SSSR count). The maximum absolute atomic E-state index is 12.4. The largest absolute Gasteiger partial charge is 0.452 e. The van der Waals surface area contributed by atoms with Crippen LogP contribution in [0.3, 0.4) is 0 Å². The van der Waals surface area contributed by atoms with E-state index in [9.17, 15) is 9.59 Å². The number of amides is 1. The van der Waals surface area contributed by atoms with Gasteiger partial charge in [0.05, 0.1) is 16.0 Å². The average molecular weight is 372 g/mol. The van der Waals surface area contributed by atoms with E-state index in [0.29, 0.717) is 42.5 Å². The van der Waals surface area contributed by atoms with Gasteiger partial charge in [-0.15, -0.1) is 0 Å². The van der Waals surface area contributed by atoms with E-state index in [1.165, 1.54) is 0 Å². The summed E-state index contributed by atoms with van der Waals surface area (Å²) >= 11 is 11.9. The van der Waals surface area contributed by atoms with Gasteiger partial charge in [-0.1, -0.05) is 29.3 Å². The zero-order valence-corrected chi connectivity index (χ0v) is 14.6. The Bertz CT molecular complexity index is 645. The van der Waals surface area contributed by atoms with E-state index in [4.69, 9.17) is 38.4 Å². The Hall–Kier alpha value is -1.30. The molecule has 1 aliphatic heterocycles. The topological polar surface area (TPSA) is 78.6 Å². The van der Waals surface area contributed by atoms with E-state index in [2.05, 4.69) is 0 Å². The second-order valence-electron chi connectivity index (χ2n) is 6.33. The highest BCUT2D eigenvalue weighted by Crippen LogP contribution is 2.49. The molecule has 1 amide bonds. The molecule has 1 heterocycles. The Kier molecular flexibility index (Phi) is 5.33. The number of primary amides is 1. The van der Waals surface area contributed by atoms with Crippen LogP contribution in [0.5, 0.6) is 0 Å². The fourth-order valence-corrected chi connectivity index (χ4v) is 3.49. The number of carbonyl (C=O) groups is 2. The Morgan fingerprint density at radius 3 is 2.54 bits per heavy atom. The summed E-state index contributed by atoms with van der Waals surface area (Å²) in [4.78, 5) is 24.1. The van der Waals surface area contributed by atoms with Crippen LogP contribution in [0, 0.1) is 11.8 Å². The number of carbonyl (C=O) groups excluding carboxylic acids is 2. The van der Waals surface area contributed by atoms with Crippen molar-refractivity contribution in [2.45, 2.75) is 31.3 Å². The van der Waals surface area contributed by atoms with Crippen molar-refractivity contribution in [2.24, 2.45) is 17.6 Å². The first kappa shape index (κ1) is 17.5. The Morgan fingerprint density at radius 1 is 1.21 bits per heavy atom. The van der Waals surface area contributed by atoms with Gasteiger partial charge in [0.2, 0.25) is 0 Å². The van der Waals surface area contributed by atoms with Crippen LogP contribution in [0.4, 0.5) is 0 Å². The Morgan fingerprint density at radius 2 is 1.92 bits per heavy atom. The number of ether oxygens (including phenoxy) is 2. The highest BCUT2D eigenvalue weighted by molar-refractivity contribution is 6.42. The van der Waals surface area contributed by atoms with E-state index in [-0.39, 0.29) is 23.7 Å². The first-order valence-corrected chi connectivity index (χ1v) is 8.75. The quantitative estimate of drug-likeness (QED) is 0.807. The zero-order valence-electron chi connectivity index (χ0n) is 13.0. The fraction of sp³-hybridized carbons (Fsp3) is 0.529. The average Bonchev–Trinajstić information content (AvgIpc) is 3.36. The lowest BCUT2D eigenvalue weighted by atomic mass is 9.93. The van der Waals surface area contributed by atoms with E-state index >= 15 is 0 Å². The predicted molar refractivity (Wildman–Crippen MR) is 89.9 cm³/mol. The lowest BCUT2D eigenvalue weighted by Gasteiger charge is -2.27. The van der Waals surface area contributed by atoms with Crippen LogP contribution in [0.25, 0.3) is 0 Å². The van der Waals surface area contributed by atoms with Gasteiger partial charge in [-0.25, -0.2) is 0 Å². The zero-order chi connectivity index (χ0) is 17.3.